The second-order valence-corrected chi connectivity index (χ2v) is 7.75. The van der Waals surface area contributed by atoms with Crippen LogP contribution >= 0.6 is 0 Å². The van der Waals surface area contributed by atoms with Crippen LogP contribution in [0, 0.1) is 0 Å². The van der Waals surface area contributed by atoms with Gasteiger partial charge in [0.25, 0.3) is 5.91 Å². The van der Waals surface area contributed by atoms with E-state index in [1.165, 1.54) is 6.42 Å². The normalized spacial score (nSPS) is 29.1. The zero-order valence-corrected chi connectivity index (χ0v) is 16.4. The van der Waals surface area contributed by atoms with Crippen LogP contribution in [0.2, 0.25) is 0 Å². The number of amides is 1. The Kier molecular flexibility index (Phi) is 6.12. The molecule has 0 spiro atoms. The summed E-state index contributed by atoms with van der Waals surface area (Å²) >= 11 is 0. The Morgan fingerprint density at radius 1 is 1.29 bits per heavy atom. The Bertz CT molecular complexity index is 717. The topological polar surface area (TPSA) is 84.0 Å². The third-order valence-electron chi connectivity index (χ3n) is 5.61. The van der Waals surface area contributed by atoms with E-state index in [1.807, 2.05) is 24.3 Å². The number of nitrogens with zero attached hydrogens (tertiary/aromatic N) is 1. The third-order valence-corrected chi connectivity index (χ3v) is 5.61. The van der Waals surface area contributed by atoms with Gasteiger partial charge in [0.05, 0.1) is 24.8 Å². The molecule has 28 heavy (non-hydrogen) atoms. The second kappa shape index (κ2) is 8.92. The number of anilines is 1. The van der Waals surface area contributed by atoms with Crippen LogP contribution in [0.3, 0.4) is 0 Å². The van der Waals surface area contributed by atoms with Gasteiger partial charge >= 0.3 is 0 Å². The number of ether oxygens (including phenoxy) is 2. The minimum atomic E-state index is -0.324. The van der Waals surface area contributed by atoms with Crippen LogP contribution in [0.25, 0.3) is 0 Å². The van der Waals surface area contributed by atoms with Gasteiger partial charge in [-0.1, -0.05) is 12.1 Å². The molecule has 0 aromatic heterocycles. The number of rotatable bonds is 6. The Morgan fingerprint density at radius 3 is 2.93 bits per heavy atom. The Morgan fingerprint density at radius 2 is 2.21 bits per heavy atom. The van der Waals surface area contributed by atoms with Crippen molar-refractivity contribution in [3.63, 3.8) is 0 Å². The monoisotopic (exact) mass is 386 g/mol. The number of hydrogen-bond acceptors (Lipinski definition) is 4. The molecule has 7 heteroatoms. The van der Waals surface area contributed by atoms with Crippen molar-refractivity contribution in [2.75, 3.05) is 18.5 Å². The highest BCUT2D eigenvalue weighted by molar-refractivity contribution is 5.94. The van der Waals surface area contributed by atoms with Crippen molar-refractivity contribution < 1.29 is 14.3 Å². The maximum atomic E-state index is 12.2. The summed E-state index contributed by atoms with van der Waals surface area (Å²) in [6, 6.07) is 8.18. The Hall–Kier alpha value is -2.12. The molecule has 152 valence electrons. The van der Waals surface area contributed by atoms with Crippen LogP contribution in [0.4, 0.5) is 5.69 Å². The van der Waals surface area contributed by atoms with Gasteiger partial charge in [0, 0.05) is 18.8 Å². The molecule has 1 amide bonds. The fourth-order valence-corrected chi connectivity index (χ4v) is 4.21. The molecule has 0 aliphatic carbocycles. The molecule has 0 saturated carbocycles. The fourth-order valence-electron chi connectivity index (χ4n) is 4.21. The third kappa shape index (κ3) is 4.64. The van der Waals surface area contributed by atoms with Gasteiger partial charge in [-0.2, -0.15) is 0 Å². The summed E-state index contributed by atoms with van der Waals surface area (Å²) in [5.74, 6) is 0.752. The molecular weight excluding hydrogens is 356 g/mol. The van der Waals surface area contributed by atoms with E-state index < -0.39 is 0 Å². The van der Waals surface area contributed by atoms with E-state index in [0.29, 0.717) is 31.4 Å². The van der Waals surface area contributed by atoms with Crippen molar-refractivity contribution in [3.8, 4) is 0 Å². The van der Waals surface area contributed by atoms with E-state index in [0.717, 1.165) is 49.4 Å². The van der Waals surface area contributed by atoms with E-state index in [9.17, 15) is 4.79 Å². The Labute approximate surface area is 166 Å². The SMILES string of the molecule is CCNC(=NCc1cccc(NC(=O)C2CCCO2)c1)NC1CC2CCC1O2. The van der Waals surface area contributed by atoms with Gasteiger partial charge in [0.1, 0.15) is 6.10 Å². The number of benzene rings is 1. The van der Waals surface area contributed by atoms with Gasteiger partial charge in [-0.25, -0.2) is 4.99 Å². The van der Waals surface area contributed by atoms with Gasteiger partial charge in [0.15, 0.2) is 5.96 Å². The first kappa shape index (κ1) is 19.2. The molecule has 3 saturated heterocycles. The van der Waals surface area contributed by atoms with Crippen LogP contribution in [-0.4, -0.2) is 49.4 Å². The summed E-state index contributed by atoms with van der Waals surface area (Å²) in [5.41, 5.74) is 1.83. The lowest BCUT2D eigenvalue weighted by atomic mass is 9.96. The molecule has 3 aliphatic heterocycles. The first-order chi connectivity index (χ1) is 13.7. The molecule has 2 bridgehead atoms. The number of carbonyl (C=O) groups excluding carboxylic acids is 1. The highest BCUT2D eigenvalue weighted by Crippen LogP contribution is 2.34. The number of carbonyl (C=O) groups is 1. The quantitative estimate of drug-likeness (QED) is 0.516. The molecule has 4 rings (SSSR count). The number of guanidine groups is 1. The van der Waals surface area contributed by atoms with Gasteiger partial charge in [-0.05, 0) is 56.7 Å². The number of aliphatic imine (C=N–C) groups is 1. The van der Waals surface area contributed by atoms with Crippen LogP contribution < -0.4 is 16.0 Å². The number of nitrogens with one attached hydrogen (secondary N) is 3. The molecule has 3 heterocycles. The Balaban J connectivity index is 1.35. The average molecular weight is 386 g/mol. The molecule has 7 nitrogen and oxygen atoms in total. The fraction of sp³-hybridized carbons (Fsp3) is 0.619. The highest BCUT2D eigenvalue weighted by Gasteiger charge is 2.41. The summed E-state index contributed by atoms with van der Waals surface area (Å²) in [7, 11) is 0. The van der Waals surface area contributed by atoms with Crippen molar-refractivity contribution in [1.29, 1.82) is 0 Å². The number of fused-ring (bicyclic) bond motifs is 2. The zero-order chi connectivity index (χ0) is 19.3. The molecule has 1 aromatic carbocycles. The minimum absolute atomic E-state index is 0.0653. The van der Waals surface area contributed by atoms with Gasteiger partial charge in [0.2, 0.25) is 0 Å². The van der Waals surface area contributed by atoms with E-state index >= 15 is 0 Å². The lowest BCUT2D eigenvalue weighted by Crippen LogP contribution is -2.47. The predicted octanol–water partition coefficient (Wildman–Crippen LogP) is 2.18. The molecule has 1 aromatic rings. The van der Waals surface area contributed by atoms with Crippen molar-refractivity contribution in [1.82, 2.24) is 10.6 Å². The molecule has 3 fully saturated rings. The highest BCUT2D eigenvalue weighted by atomic mass is 16.5. The molecule has 0 radical (unpaired) electrons. The van der Waals surface area contributed by atoms with Gasteiger partial charge in [-0.15, -0.1) is 0 Å². The maximum absolute atomic E-state index is 12.2. The lowest BCUT2D eigenvalue weighted by molar-refractivity contribution is -0.124. The smallest absolute Gasteiger partial charge is 0.253 e. The van der Waals surface area contributed by atoms with Crippen molar-refractivity contribution in [2.45, 2.75) is 69.9 Å². The molecule has 4 unspecified atom stereocenters. The summed E-state index contributed by atoms with van der Waals surface area (Å²) in [5, 5.41) is 9.80. The van der Waals surface area contributed by atoms with Gasteiger partial charge in [-0.3, -0.25) is 4.79 Å². The largest absolute Gasteiger partial charge is 0.373 e. The molecule has 3 aliphatic rings. The van der Waals surface area contributed by atoms with E-state index in [4.69, 9.17) is 14.5 Å². The number of hydrogen-bond donors (Lipinski definition) is 3. The summed E-state index contributed by atoms with van der Waals surface area (Å²) in [4.78, 5) is 17.0. The lowest BCUT2D eigenvalue weighted by Gasteiger charge is -2.22. The van der Waals surface area contributed by atoms with Crippen molar-refractivity contribution in [2.24, 2.45) is 4.99 Å². The first-order valence-corrected chi connectivity index (χ1v) is 10.4. The van der Waals surface area contributed by atoms with Crippen LogP contribution in [0.1, 0.15) is 44.6 Å². The molecular formula is C21H30N4O3. The van der Waals surface area contributed by atoms with E-state index in [-0.39, 0.29) is 12.0 Å². The molecule has 3 N–H and O–H groups in total. The summed E-state index contributed by atoms with van der Waals surface area (Å²) < 4.78 is 11.4. The van der Waals surface area contributed by atoms with Gasteiger partial charge < -0.3 is 25.4 Å². The molecule has 4 atom stereocenters. The zero-order valence-electron chi connectivity index (χ0n) is 16.4. The summed E-state index contributed by atoms with van der Waals surface area (Å²) in [6.07, 6.45) is 5.51. The maximum Gasteiger partial charge on any atom is 0.253 e. The van der Waals surface area contributed by atoms with E-state index in [2.05, 4.69) is 22.9 Å². The predicted molar refractivity (Wildman–Crippen MR) is 108 cm³/mol. The van der Waals surface area contributed by atoms with Crippen LogP contribution in [0.5, 0.6) is 0 Å². The van der Waals surface area contributed by atoms with Crippen molar-refractivity contribution >= 4 is 17.6 Å². The first-order valence-electron chi connectivity index (χ1n) is 10.4. The minimum Gasteiger partial charge on any atom is -0.373 e. The van der Waals surface area contributed by atoms with Crippen molar-refractivity contribution in [3.05, 3.63) is 29.8 Å². The average Bonchev–Trinajstić information content (AvgIpc) is 3.44. The standard InChI is InChI=1S/C21H30N4O3/c1-2-22-21(25-17-12-16-8-9-18(17)28-16)23-13-14-5-3-6-15(11-14)24-20(26)19-7-4-10-27-19/h3,5-6,11,16-19H,2,4,7-10,12-13H2,1H3,(H,24,26)(H2,22,23,25). The van der Waals surface area contributed by atoms with Crippen LogP contribution in [0.15, 0.2) is 29.3 Å². The van der Waals surface area contributed by atoms with E-state index in [1.54, 1.807) is 0 Å². The summed E-state index contributed by atoms with van der Waals surface area (Å²) in [6.45, 7) is 4.09. The second-order valence-electron chi connectivity index (χ2n) is 7.75. The van der Waals surface area contributed by atoms with Crippen LogP contribution in [-0.2, 0) is 20.8 Å².